The molecule has 6 nitrogen and oxygen atoms in total. The molecule has 0 aliphatic carbocycles. The molecule has 0 aromatic carbocycles. The van der Waals surface area contributed by atoms with Crippen LogP contribution >= 0.6 is 0 Å². The van der Waals surface area contributed by atoms with Crippen molar-refractivity contribution in [2.24, 2.45) is 0 Å². The first-order valence-corrected chi connectivity index (χ1v) is 4.97. The number of hydrogen-bond acceptors (Lipinski definition) is 4. The number of carbonyl (C=O) groups is 1. The number of nitrogens with zero attached hydrogens (tertiary/aromatic N) is 1. The van der Waals surface area contributed by atoms with Crippen molar-refractivity contribution >= 4 is 5.91 Å². The van der Waals surface area contributed by atoms with Crippen molar-refractivity contribution in [3.63, 3.8) is 0 Å². The van der Waals surface area contributed by atoms with E-state index in [1.54, 1.807) is 4.90 Å². The molecule has 0 atom stereocenters. The van der Waals surface area contributed by atoms with Crippen molar-refractivity contribution in [3.8, 4) is 5.75 Å². The van der Waals surface area contributed by atoms with E-state index >= 15 is 0 Å². The minimum atomic E-state index is -0.434. The molecule has 0 bridgehead atoms. The molecule has 0 saturated carbocycles. The molecule has 0 unspecified atom stereocenters. The Morgan fingerprint density at radius 3 is 2.75 bits per heavy atom. The van der Waals surface area contributed by atoms with E-state index in [2.05, 4.69) is 4.98 Å². The lowest BCUT2D eigenvalue weighted by molar-refractivity contribution is 0.0300. The topological polar surface area (TPSA) is 82.6 Å². The Morgan fingerprint density at radius 1 is 1.44 bits per heavy atom. The number of aromatic amines is 1. The first-order chi connectivity index (χ1) is 7.68. The first-order valence-electron chi connectivity index (χ1n) is 4.97. The predicted molar refractivity (Wildman–Crippen MR) is 55.5 cm³/mol. The van der Waals surface area contributed by atoms with Gasteiger partial charge in [-0.25, -0.2) is 0 Å². The third-order valence-electron chi connectivity index (χ3n) is 2.43. The van der Waals surface area contributed by atoms with E-state index < -0.39 is 5.56 Å². The fourth-order valence-electron chi connectivity index (χ4n) is 1.57. The second-order valence-corrected chi connectivity index (χ2v) is 3.50. The summed E-state index contributed by atoms with van der Waals surface area (Å²) in [5, 5.41) is 9.49. The normalized spacial score (nSPS) is 16.1. The van der Waals surface area contributed by atoms with Gasteiger partial charge in [-0.15, -0.1) is 0 Å². The quantitative estimate of drug-likeness (QED) is 0.677. The van der Waals surface area contributed by atoms with Crippen LogP contribution in [0, 0.1) is 0 Å². The third kappa shape index (κ3) is 2.06. The third-order valence-corrected chi connectivity index (χ3v) is 2.43. The van der Waals surface area contributed by atoms with Crippen molar-refractivity contribution < 1.29 is 14.6 Å². The zero-order valence-corrected chi connectivity index (χ0v) is 8.60. The summed E-state index contributed by atoms with van der Waals surface area (Å²) in [6.45, 7) is 1.99. The van der Waals surface area contributed by atoms with Crippen LogP contribution < -0.4 is 5.56 Å². The summed E-state index contributed by atoms with van der Waals surface area (Å²) in [6, 6.07) is 0.994. The highest BCUT2D eigenvalue weighted by molar-refractivity contribution is 5.96. The summed E-state index contributed by atoms with van der Waals surface area (Å²) in [5.41, 5.74) is -0.322. The number of ether oxygens (including phenoxy) is 1. The molecule has 86 valence electrons. The Morgan fingerprint density at radius 2 is 2.12 bits per heavy atom. The van der Waals surface area contributed by atoms with Crippen LogP contribution in [0.4, 0.5) is 0 Å². The standard InChI is InChI=1S/C10H12N2O4/c13-8-5-9(14)11-6-7(8)10(15)12-1-3-16-4-2-12/h5-6H,1-4H2,(H2,11,13,14). The highest BCUT2D eigenvalue weighted by Crippen LogP contribution is 2.15. The van der Waals surface area contributed by atoms with Crippen LogP contribution in [0.1, 0.15) is 10.4 Å². The van der Waals surface area contributed by atoms with Crippen LogP contribution in [0.15, 0.2) is 17.1 Å². The lowest BCUT2D eigenvalue weighted by Crippen LogP contribution is -2.40. The van der Waals surface area contributed by atoms with Gasteiger partial charge >= 0.3 is 0 Å². The number of carbonyl (C=O) groups excluding carboxylic acids is 1. The second-order valence-electron chi connectivity index (χ2n) is 3.50. The number of rotatable bonds is 1. The number of hydrogen-bond donors (Lipinski definition) is 2. The van der Waals surface area contributed by atoms with Gasteiger partial charge in [0.2, 0.25) is 0 Å². The van der Waals surface area contributed by atoms with Crippen LogP contribution in [0.3, 0.4) is 0 Å². The van der Waals surface area contributed by atoms with Crippen molar-refractivity contribution in [2.75, 3.05) is 26.3 Å². The van der Waals surface area contributed by atoms with Gasteiger partial charge < -0.3 is 19.7 Å². The number of aromatic hydroxyl groups is 1. The SMILES string of the molecule is O=C(c1c[nH]c(=O)cc1O)N1CCOCC1. The molecule has 2 heterocycles. The molecular formula is C10H12N2O4. The molecule has 6 heteroatoms. The number of amides is 1. The van der Waals surface area contributed by atoms with Gasteiger partial charge in [0, 0.05) is 25.4 Å². The van der Waals surface area contributed by atoms with Gasteiger partial charge in [-0.1, -0.05) is 0 Å². The van der Waals surface area contributed by atoms with Gasteiger partial charge in [0.1, 0.15) is 5.75 Å². The molecule has 2 rings (SSSR count). The summed E-state index contributed by atoms with van der Waals surface area (Å²) in [6.07, 6.45) is 1.23. The summed E-state index contributed by atoms with van der Waals surface area (Å²) in [5.74, 6) is -0.586. The Kier molecular flexibility index (Phi) is 2.91. The highest BCUT2D eigenvalue weighted by atomic mass is 16.5. The van der Waals surface area contributed by atoms with Crippen molar-refractivity contribution in [3.05, 3.63) is 28.2 Å². The van der Waals surface area contributed by atoms with Crippen molar-refractivity contribution in [2.45, 2.75) is 0 Å². The maximum absolute atomic E-state index is 11.9. The van der Waals surface area contributed by atoms with Crippen LogP contribution in [-0.4, -0.2) is 47.2 Å². The van der Waals surface area contributed by atoms with Crippen molar-refractivity contribution in [1.29, 1.82) is 0 Å². The molecule has 1 aliphatic heterocycles. The van der Waals surface area contributed by atoms with E-state index in [9.17, 15) is 14.7 Å². The predicted octanol–water partition coefficient (Wildman–Crippen LogP) is -0.447. The summed E-state index contributed by atoms with van der Waals surface area (Å²) >= 11 is 0. The monoisotopic (exact) mass is 224 g/mol. The summed E-state index contributed by atoms with van der Waals surface area (Å²) < 4.78 is 5.12. The number of H-pyrrole nitrogens is 1. The molecule has 0 spiro atoms. The van der Waals surface area contributed by atoms with E-state index in [0.29, 0.717) is 26.3 Å². The van der Waals surface area contributed by atoms with Crippen molar-refractivity contribution in [1.82, 2.24) is 9.88 Å². The lowest BCUT2D eigenvalue weighted by Gasteiger charge is -2.26. The summed E-state index contributed by atoms with van der Waals surface area (Å²) in [7, 11) is 0. The Hall–Kier alpha value is -1.82. The molecular weight excluding hydrogens is 212 g/mol. The maximum Gasteiger partial charge on any atom is 0.259 e. The molecule has 16 heavy (non-hydrogen) atoms. The van der Waals surface area contributed by atoms with Crippen LogP contribution in [0.5, 0.6) is 5.75 Å². The summed E-state index contributed by atoms with van der Waals surface area (Å²) in [4.78, 5) is 26.7. The molecule has 0 radical (unpaired) electrons. The van der Waals surface area contributed by atoms with Gasteiger partial charge in [-0.3, -0.25) is 9.59 Å². The first kappa shape index (κ1) is 10.7. The van der Waals surface area contributed by atoms with E-state index in [0.717, 1.165) is 6.07 Å². The van der Waals surface area contributed by atoms with E-state index in [1.165, 1.54) is 6.20 Å². The number of morpholine rings is 1. The molecule has 1 aliphatic rings. The molecule has 2 N–H and O–H groups in total. The van der Waals surface area contributed by atoms with Gasteiger partial charge in [-0.05, 0) is 0 Å². The Bertz CT molecular complexity index is 448. The minimum absolute atomic E-state index is 0.113. The number of pyridine rings is 1. The molecule has 1 amide bonds. The fraction of sp³-hybridized carbons (Fsp3) is 0.400. The average Bonchev–Trinajstić information content (AvgIpc) is 2.29. The minimum Gasteiger partial charge on any atom is -0.507 e. The van der Waals surface area contributed by atoms with Gasteiger partial charge in [0.25, 0.3) is 11.5 Å². The van der Waals surface area contributed by atoms with Gasteiger partial charge in [0.05, 0.1) is 18.8 Å². The molecule has 1 aromatic heterocycles. The number of aromatic nitrogens is 1. The van der Waals surface area contributed by atoms with E-state index in [-0.39, 0.29) is 17.2 Å². The maximum atomic E-state index is 11.9. The molecule has 1 saturated heterocycles. The Balaban J connectivity index is 2.22. The van der Waals surface area contributed by atoms with E-state index in [1.807, 2.05) is 0 Å². The zero-order chi connectivity index (χ0) is 11.5. The molecule has 1 fully saturated rings. The fourth-order valence-corrected chi connectivity index (χ4v) is 1.57. The second kappa shape index (κ2) is 4.36. The molecule has 1 aromatic rings. The van der Waals surface area contributed by atoms with Gasteiger partial charge in [-0.2, -0.15) is 0 Å². The van der Waals surface area contributed by atoms with E-state index in [4.69, 9.17) is 4.74 Å². The largest absolute Gasteiger partial charge is 0.507 e. The average molecular weight is 224 g/mol. The van der Waals surface area contributed by atoms with Crippen LogP contribution in [0.25, 0.3) is 0 Å². The lowest BCUT2D eigenvalue weighted by atomic mass is 10.2. The van der Waals surface area contributed by atoms with Crippen LogP contribution in [-0.2, 0) is 4.74 Å². The number of nitrogens with one attached hydrogen (secondary N) is 1. The van der Waals surface area contributed by atoms with Gasteiger partial charge in [0.15, 0.2) is 0 Å². The van der Waals surface area contributed by atoms with Crippen LogP contribution in [0.2, 0.25) is 0 Å². The Labute approximate surface area is 91.5 Å². The highest BCUT2D eigenvalue weighted by Gasteiger charge is 2.21. The smallest absolute Gasteiger partial charge is 0.259 e. The zero-order valence-electron chi connectivity index (χ0n) is 8.60.